The molecule has 0 heterocycles. The van der Waals surface area contributed by atoms with Crippen molar-refractivity contribution in [1.29, 1.82) is 0 Å². The van der Waals surface area contributed by atoms with Crippen LogP contribution in [0.2, 0.25) is 0 Å². The lowest BCUT2D eigenvalue weighted by Gasteiger charge is -2.31. The zero-order chi connectivity index (χ0) is 11.3. The van der Waals surface area contributed by atoms with E-state index in [0.29, 0.717) is 12.6 Å². The number of anilines is 1. The second kappa shape index (κ2) is 5.73. The topological polar surface area (TPSA) is 49.5 Å². The molecule has 3 heteroatoms. The molecule has 0 amide bonds. The van der Waals surface area contributed by atoms with E-state index >= 15 is 0 Å². The van der Waals surface area contributed by atoms with Gasteiger partial charge in [0.2, 0.25) is 0 Å². The minimum atomic E-state index is -0.187. The molecule has 0 radical (unpaired) electrons. The van der Waals surface area contributed by atoms with Crippen LogP contribution in [-0.2, 0) is 0 Å². The lowest BCUT2D eigenvalue weighted by atomic mass is 10.2. The molecule has 1 rings (SSSR count). The Morgan fingerprint density at radius 2 is 1.87 bits per heavy atom. The van der Waals surface area contributed by atoms with Gasteiger partial charge >= 0.3 is 0 Å². The fraction of sp³-hybridized carbons (Fsp3) is 0.500. The van der Waals surface area contributed by atoms with E-state index in [1.54, 1.807) is 0 Å². The van der Waals surface area contributed by atoms with Crippen LogP contribution >= 0.6 is 0 Å². The van der Waals surface area contributed by atoms with Crippen molar-refractivity contribution in [3.05, 3.63) is 30.3 Å². The summed E-state index contributed by atoms with van der Waals surface area (Å²) < 4.78 is 0. The Balaban J connectivity index is 2.75. The first-order chi connectivity index (χ1) is 7.15. The number of benzene rings is 1. The largest absolute Gasteiger partial charge is 0.395 e. The summed E-state index contributed by atoms with van der Waals surface area (Å²) in [5.41, 5.74) is 6.91. The number of aliphatic hydroxyl groups is 1. The third-order valence-electron chi connectivity index (χ3n) is 2.38. The Morgan fingerprint density at radius 3 is 2.33 bits per heavy atom. The summed E-state index contributed by atoms with van der Waals surface area (Å²) in [5.74, 6) is 0. The van der Waals surface area contributed by atoms with Crippen molar-refractivity contribution in [3.63, 3.8) is 0 Å². The molecule has 0 aromatic heterocycles. The molecule has 0 aliphatic carbocycles. The highest BCUT2D eigenvalue weighted by Crippen LogP contribution is 2.16. The molecule has 0 saturated heterocycles. The summed E-state index contributed by atoms with van der Waals surface area (Å²) >= 11 is 0. The summed E-state index contributed by atoms with van der Waals surface area (Å²) in [4.78, 5) is 2.20. The highest BCUT2D eigenvalue weighted by Gasteiger charge is 2.13. The maximum atomic E-state index is 8.96. The van der Waals surface area contributed by atoms with Gasteiger partial charge in [0.05, 0.1) is 6.61 Å². The quantitative estimate of drug-likeness (QED) is 0.765. The van der Waals surface area contributed by atoms with Crippen LogP contribution in [0, 0.1) is 0 Å². The molecule has 0 saturated carbocycles. The Morgan fingerprint density at radius 1 is 1.27 bits per heavy atom. The molecular formula is C12H20N2O. The normalized spacial score (nSPS) is 12.9. The van der Waals surface area contributed by atoms with Gasteiger partial charge in [-0.25, -0.2) is 0 Å². The van der Waals surface area contributed by atoms with Crippen LogP contribution in [0.4, 0.5) is 5.69 Å². The minimum Gasteiger partial charge on any atom is -0.395 e. The van der Waals surface area contributed by atoms with Gasteiger partial charge in [0.25, 0.3) is 0 Å². The SMILES string of the molecule is CC(C)N(CC(N)CO)c1ccccc1. The fourth-order valence-corrected chi connectivity index (χ4v) is 1.54. The Labute approximate surface area is 91.5 Å². The monoisotopic (exact) mass is 208 g/mol. The Kier molecular flexibility index (Phi) is 4.59. The van der Waals surface area contributed by atoms with Crippen molar-refractivity contribution in [2.75, 3.05) is 18.1 Å². The Hall–Kier alpha value is -1.06. The first-order valence-corrected chi connectivity index (χ1v) is 5.33. The van der Waals surface area contributed by atoms with Crippen LogP contribution in [0.25, 0.3) is 0 Å². The average Bonchev–Trinajstić information content (AvgIpc) is 2.26. The molecule has 1 aromatic carbocycles. The molecule has 3 N–H and O–H groups in total. The molecule has 15 heavy (non-hydrogen) atoms. The van der Waals surface area contributed by atoms with E-state index in [1.807, 2.05) is 18.2 Å². The lowest BCUT2D eigenvalue weighted by molar-refractivity contribution is 0.265. The van der Waals surface area contributed by atoms with E-state index in [4.69, 9.17) is 10.8 Å². The van der Waals surface area contributed by atoms with Crippen molar-refractivity contribution in [2.24, 2.45) is 5.73 Å². The maximum Gasteiger partial charge on any atom is 0.0599 e. The third kappa shape index (κ3) is 3.53. The van der Waals surface area contributed by atoms with Gasteiger partial charge in [-0.3, -0.25) is 0 Å². The van der Waals surface area contributed by atoms with Gasteiger partial charge < -0.3 is 15.7 Å². The minimum absolute atomic E-state index is 0.0239. The molecule has 1 aromatic rings. The first-order valence-electron chi connectivity index (χ1n) is 5.33. The first kappa shape index (κ1) is 12.0. The number of para-hydroxylation sites is 1. The molecular weight excluding hydrogens is 188 g/mol. The summed E-state index contributed by atoms with van der Waals surface area (Å²) in [7, 11) is 0. The zero-order valence-electron chi connectivity index (χ0n) is 9.43. The number of nitrogens with two attached hydrogens (primary N) is 1. The highest BCUT2D eigenvalue weighted by atomic mass is 16.3. The number of rotatable bonds is 5. The van der Waals surface area contributed by atoms with Crippen LogP contribution < -0.4 is 10.6 Å². The second-order valence-corrected chi connectivity index (χ2v) is 4.02. The van der Waals surface area contributed by atoms with Crippen molar-refractivity contribution < 1.29 is 5.11 Å². The van der Waals surface area contributed by atoms with Gasteiger partial charge in [0.1, 0.15) is 0 Å². The molecule has 0 spiro atoms. The molecule has 1 unspecified atom stereocenters. The van der Waals surface area contributed by atoms with Gasteiger partial charge in [-0.1, -0.05) is 18.2 Å². The zero-order valence-corrected chi connectivity index (χ0v) is 9.43. The van der Waals surface area contributed by atoms with Crippen LogP contribution in [-0.4, -0.2) is 30.3 Å². The van der Waals surface area contributed by atoms with E-state index < -0.39 is 0 Å². The van der Waals surface area contributed by atoms with Gasteiger partial charge in [-0.15, -0.1) is 0 Å². The van der Waals surface area contributed by atoms with Gasteiger partial charge in [-0.2, -0.15) is 0 Å². The molecule has 3 nitrogen and oxygen atoms in total. The van der Waals surface area contributed by atoms with E-state index in [9.17, 15) is 0 Å². The van der Waals surface area contributed by atoms with Crippen molar-refractivity contribution in [2.45, 2.75) is 25.9 Å². The molecule has 0 fully saturated rings. The predicted molar refractivity (Wildman–Crippen MR) is 64.0 cm³/mol. The standard InChI is InChI=1S/C12H20N2O/c1-10(2)14(8-11(13)9-15)12-6-4-3-5-7-12/h3-7,10-11,15H,8-9,13H2,1-2H3. The van der Waals surface area contributed by atoms with Crippen molar-refractivity contribution >= 4 is 5.69 Å². The lowest BCUT2D eigenvalue weighted by Crippen LogP contribution is -2.43. The van der Waals surface area contributed by atoms with E-state index in [-0.39, 0.29) is 12.6 Å². The number of hydrogen-bond acceptors (Lipinski definition) is 3. The molecule has 1 atom stereocenters. The predicted octanol–water partition coefficient (Wildman–Crippen LogP) is 1.22. The van der Waals surface area contributed by atoms with E-state index in [0.717, 1.165) is 5.69 Å². The summed E-state index contributed by atoms with van der Waals surface area (Å²) in [6, 6.07) is 10.3. The van der Waals surface area contributed by atoms with Crippen LogP contribution in [0.1, 0.15) is 13.8 Å². The Bertz CT molecular complexity index is 274. The van der Waals surface area contributed by atoms with Crippen LogP contribution in [0.3, 0.4) is 0 Å². The number of hydrogen-bond donors (Lipinski definition) is 2. The van der Waals surface area contributed by atoms with Gasteiger partial charge in [0, 0.05) is 24.3 Å². The molecule has 0 aliphatic heterocycles. The summed E-state index contributed by atoms with van der Waals surface area (Å²) in [6.45, 7) is 4.95. The number of nitrogens with zero attached hydrogens (tertiary/aromatic N) is 1. The molecule has 0 bridgehead atoms. The third-order valence-corrected chi connectivity index (χ3v) is 2.38. The maximum absolute atomic E-state index is 8.96. The van der Waals surface area contributed by atoms with Crippen molar-refractivity contribution in [1.82, 2.24) is 0 Å². The average molecular weight is 208 g/mol. The van der Waals surface area contributed by atoms with E-state index in [1.165, 1.54) is 0 Å². The highest BCUT2D eigenvalue weighted by molar-refractivity contribution is 5.46. The molecule has 84 valence electrons. The molecule has 0 aliphatic rings. The second-order valence-electron chi connectivity index (χ2n) is 4.02. The van der Waals surface area contributed by atoms with Crippen LogP contribution in [0.15, 0.2) is 30.3 Å². The smallest absolute Gasteiger partial charge is 0.0599 e. The summed E-state index contributed by atoms with van der Waals surface area (Å²) in [6.07, 6.45) is 0. The van der Waals surface area contributed by atoms with E-state index in [2.05, 4.69) is 30.9 Å². The van der Waals surface area contributed by atoms with Gasteiger partial charge in [-0.05, 0) is 26.0 Å². The van der Waals surface area contributed by atoms with Crippen molar-refractivity contribution in [3.8, 4) is 0 Å². The van der Waals surface area contributed by atoms with Crippen LogP contribution in [0.5, 0.6) is 0 Å². The number of aliphatic hydroxyl groups excluding tert-OH is 1. The fourth-order valence-electron chi connectivity index (χ4n) is 1.54. The summed E-state index contributed by atoms with van der Waals surface area (Å²) in [5, 5.41) is 8.96. The van der Waals surface area contributed by atoms with Gasteiger partial charge in [0.15, 0.2) is 0 Å².